The highest BCUT2D eigenvalue weighted by atomic mass is 32.2. The number of nitrogens with zero attached hydrogens (tertiary/aromatic N) is 1. The van der Waals surface area contributed by atoms with E-state index >= 15 is 0 Å². The van der Waals surface area contributed by atoms with E-state index in [2.05, 4.69) is 11.1 Å². The van der Waals surface area contributed by atoms with Gasteiger partial charge in [0, 0.05) is 23.4 Å². The molecule has 0 radical (unpaired) electrons. The molecule has 1 atom stereocenters. The number of benzene rings is 3. The van der Waals surface area contributed by atoms with Crippen LogP contribution in [0.25, 0.3) is 33.2 Å². The van der Waals surface area contributed by atoms with E-state index in [0.29, 0.717) is 12.8 Å². The molecule has 0 saturated heterocycles. The maximum absolute atomic E-state index is 12.0. The summed E-state index contributed by atoms with van der Waals surface area (Å²) in [5.41, 5.74) is 6.02. The van der Waals surface area contributed by atoms with Crippen molar-refractivity contribution < 1.29 is 18.3 Å². The molecule has 1 aromatic heterocycles. The minimum absolute atomic E-state index is 0.435. The average molecular weight is 502 g/mol. The second kappa shape index (κ2) is 9.86. The van der Waals surface area contributed by atoms with E-state index in [1.807, 2.05) is 66.7 Å². The summed E-state index contributed by atoms with van der Waals surface area (Å²) in [6.07, 6.45) is 3.94. The van der Waals surface area contributed by atoms with Gasteiger partial charge in [0.15, 0.2) is 0 Å². The first kappa shape index (κ1) is 25.6. The zero-order valence-electron chi connectivity index (χ0n) is 21.0. The Labute approximate surface area is 212 Å². The zero-order chi connectivity index (χ0) is 26.1. The molecule has 0 aliphatic heterocycles. The van der Waals surface area contributed by atoms with Crippen LogP contribution in [-0.4, -0.2) is 36.0 Å². The van der Waals surface area contributed by atoms with Gasteiger partial charge in [-0.25, -0.2) is 8.42 Å². The molecule has 36 heavy (non-hydrogen) atoms. The fraction of sp³-hybridized carbons (Fsp3) is 0.267. The van der Waals surface area contributed by atoms with Gasteiger partial charge < -0.3 is 5.11 Å². The predicted molar refractivity (Wildman–Crippen MR) is 146 cm³/mol. The molecule has 3 aromatic carbocycles. The van der Waals surface area contributed by atoms with Gasteiger partial charge in [0.05, 0.1) is 16.2 Å². The van der Waals surface area contributed by atoms with Crippen molar-refractivity contribution in [2.75, 3.05) is 6.26 Å². The van der Waals surface area contributed by atoms with Gasteiger partial charge in [-0.1, -0.05) is 48.5 Å². The minimum Gasteiger partial charge on any atom is -0.481 e. The second-order valence-electron chi connectivity index (χ2n) is 10.2. The van der Waals surface area contributed by atoms with Crippen LogP contribution in [0.2, 0.25) is 0 Å². The molecule has 0 saturated carbocycles. The van der Waals surface area contributed by atoms with Crippen LogP contribution in [-0.2, 0) is 27.5 Å². The SMILES string of the molecule is CC(Cc1cc(-c2cccc(-c3ccc(CC(C)(C)C(=O)O)cc3)c2)c2ncccc2c1)S(C)(=O)=O. The highest BCUT2D eigenvalue weighted by Crippen LogP contribution is 2.33. The maximum Gasteiger partial charge on any atom is 0.309 e. The topological polar surface area (TPSA) is 84.3 Å². The number of pyridine rings is 1. The van der Waals surface area contributed by atoms with Crippen LogP contribution in [0.1, 0.15) is 31.9 Å². The number of hydrogen-bond acceptors (Lipinski definition) is 4. The zero-order valence-corrected chi connectivity index (χ0v) is 21.8. The van der Waals surface area contributed by atoms with Gasteiger partial charge in [-0.15, -0.1) is 0 Å². The Morgan fingerprint density at radius 3 is 2.28 bits per heavy atom. The summed E-state index contributed by atoms with van der Waals surface area (Å²) >= 11 is 0. The van der Waals surface area contributed by atoms with Crippen molar-refractivity contribution in [1.82, 2.24) is 4.98 Å². The van der Waals surface area contributed by atoms with E-state index < -0.39 is 26.5 Å². The quantitative estimate of drug-likeness (QED) is 0.311. The summed E-state index contributed by atoms with van der Waals surface area (Å²) in [4.78, 5) is 16.1. The molecule has 0 aliphatic carbocycles. The molecule has 186 valence electrons. The van der Waals surface area contributed by atoms with Crippen molar-refractivity contribution in [3.8, 4) is 22.3 Å². The normalized spacial score (nSPS) is 13.0. The van der Waals surface area contributed by atoms with Crippen LogP contribution in [0.5, 0.6) is 0 Å². The van der Waals surface area contributed by atoms with Gasteiger partial charge in [-0.05, 0) is 85.7 Å². The Bertz CT molecular complexity index is 1520. The van der Waals surface area contributed by atoms with Crippen LogP contribution in [0.4, 0.5) is 0 Å². The lowest BCUT2D eigenvalue weighted by atomic mass is 9.85. The number of carboxylic acids is 1. The van der Waals surface area contributed by atoms with Crippen LogP contribution in [0.15, 0.2) is 79.0 Å². The van der Waals surface area contributed by atoms with Crippen LogP contribution < -0.4 is 0 Å². The Morgan fingerprint density at radius 1 is 0.917 bits per heavy atom. The van der Waals surface area contributed by atoms with Gasteiger partial charge in [0.2, 0.25) is 0 Å². The molecule has 0 spiro atoms. The van der Waals surface area contributed by atoms with Crippen LogP contribution in [0.3, 0.4) is 0 Å². The third-order valence-corrected chi connectivity index (χ3v) is 8.33. The second-order valence-corrected chi connectivity index (χ2v) is 12.7. The van der Waals surface area contributed by atoms with E-state index in [4.69, 9.17) is 0 Å². The summed E-state index contributed by atoms with van der Waals surface area (Å²) < 4.78 is 24.1. The van der Waals surface area contributed by atoms with Crippen molar-refractivity contribution in [2.24, 2.45) is 5.41 Å². The van der Waals surface area contributed by atoms with Gasteiger partial charge in [-0.3, -0.25) is 9.78 Å². The summed E-state index contributed by atoms with van der Waals surface area (Å²) in [5, 5.41) is 9.92. The first-order valence-electron chi connectivity index (χ1n) is 11.9. The molecule has 1 N–H and O–H groups in total. The number of aliphatic carboxylic acids is 1. The average Bonchev–Trinajstić information content (AvgIpc) is 2.83. The molecule has 0 amide bonds. The van der Waals surface area contributed by atoms with Gasteiger partial charge in [-0.2, -0.15) is 0 Å². The molecular formula is C30H31NO4S. The van der Waals surface area contributed by atoms with Gasteiger partial charge >= 0.3 is 5.97 Å². The molecule has 0 bridgehead atoms. The van der Waals surface area contributed by atoms with Crippen LogP contribution >= 0.6 is 0 Å². The number of aromatic nitrogens is 1. The Balaban J connectivity index is 1.71. The molecule has 6 heteroatoms. The van der Waals surface area contributed by atoms with E-state index in [1.54, 1.807) is 27.0 Å². The lowest BCUT2D eigenvalue weighted by Gasteiger charge is -2.19. The summed E-state index contributed by atoms with van der Waals surface area (Å²) in [7, 11) is -3.14. The third kappa shape index (κ3) is 5.65. The summed E-state index contributed by atoms with van der Waals surface area (Å²) in [6.45, 7) is 5.20. The lowest BCUT2D eigenvalue weighted by molar-refractivity contribution is -0.146. The number of sulfone groups is 1. The first-order chi connectivity index (χ1) is 16.9. The molecular weight excluding hydrogens is 470 g/mol. The fourth-order valence-electron chi connectivity index (χ4n) is 4.34. The minimum atomic E-state index is -3.14. The highest BCUT2D eigenvalue weighted by molar-refractivity contribution is 7.91. The van der Waals surface area contributed by atoms with E-state index in [9.17, 15) is 18.3 Å². The first-order valence-corrected chi connectivity index (χ1v) is 13.9. The van der Waals surface area contributed by atoms with Crippen molar-refractivity contribution >= 4 is 26.7 Å². The number of fused-ring (bicyclic) bond motifs is 1. The van der Waals surface area contributed by atoms with Crippen molar-refractivity contribution in [3.05, 3.63) is 90.1 Å². The predicted octanol–water partition coefficient (Wildman–Crippen LogP) is 6.20. The number of hydrogen-bond donors (Lipinski definition) is 1. The Kier molecular flexibility index (Phi) is 7.01. The Morgan fingerprint density at radius 2 is 1.61 bits per heavy atom. The van der Waals surface area contributed by atoms with Crippen LogP contribution in [0, 0.1) is 5.41 Å². The highest BCUT2D eigenvalue weighted by Gasteiger charge is 2.27. The van der Waals surface area contributed by atoms with Crippen molar-refractivity contribution in [1.29, 1.82) is 0 Å². The molecule has 0 fully saturated rings. The van der Waals surface area contributed by atoms with E-state index in [1.165, 1.54) is 6.26 Å². The van der Waals surface area contributed by atoms with Gasteiger partial charge in [0.1, 0.15) is 9.84 Å². The summed E-state index contributed by atoms with van der Waals surface area (Å²) in [6, 6.07) is 24.2. The summed E-state index contributed by atoms with van der Waals surface area (Å²) in [5.74, 6) is -0.812. The van der Waals surface area contributed by atoms with E-state index in [0.717, 1.165) is 44.3 Å². The lowest BCUT2D eigenvalue weighted by Crippen LogP contribution is -2.26. The smallest absolute Gasteiger partial charge is 0.309 e. The Hall–Kier alpha value is -3.51. The number of carbonyl (C=O) groups is 1. The fourth-order valence-corrected chi connectivity index (χ4v) is 4.84. The maximum atomic E-state index is 12.0. The largest absolute Gasteiger partial charge is 0.481 e. The molecule has 1 heterocycles. The monoisotopic (exact) mass is 501 g/mol. The molecule has 4 aromatic rings. The third-order valence-electron chi connectivity index (χ3n) is 6.70. The number of rotatable bonds is 8. The van der Waals surface area contributed by atoms with Crippen molar-refractivity contribution in [3.63, 3.8) is 0 Å². The van der Waals surface area contributed by atoms with Gasteiger partial charge in [0.25, 0.3) is 0 Å². The molecule has 0 aliphatic rings. The molecule has 1 unspecified atom stereocenters. The molecule has 4 rings (SSSR count). The van der Waals surface area contributed by atoms with Crippen molar-refractivity contribution in [2.45, 2.75) is 38.9 Å². The van der Waals surface area contributed by atoms with E-state index in [-0.39, 0.29) is 0 Å². The molecule has 5 nitrogen and oxygen atoms in total. The number of carboxylic acid groups (broad SMARTS) is 1. The standard InChI is InChI=1S/C30H31NO4S/c1-20(36(4,34)35)15-22-16-26-9-6-14-31-28(26)27(17-22)25-8-5-7-24(18-25)23-12-10-21(11-13-23)19-30(2,3)29(32)33/h5-14,16-18,20H,15,19H2,1-4H3,(H,32,33).